The Morgan fingerprint density at radius 1 is 1.50 bits per heavy atom. The zero-order chi connectivity index (χ0) is 13.0. The molecule has 4 nitrogen and oxygen atoms in total. The molecule has 18 heavy (non-hydrogen) atoms. The minimum Gasteiger partial charge on any atom is -0.452 e. The van der Waals surface area contributed by atoms with Crippen LogP contribution in [0.1, 0.15) is 12.7 Å². The number of ether oxygens (including phenoxy) is 1. The number of hydrogen-bond acceptors (Lipinski definition) is 4. The van der Waals surface area contributed by atoms with Crippen molar-refractivity contribution in [1.29, 1.82) is 0 Å². The van der Waals surface area contributed by atoms with Gasteiger partial charge in [0.15, 0.2) is 4.67 Å². The Bertz CT molecular complexity index is 365. The van der Waals surface area contributed by atoms with Crippen LogP contribution in [0.4, 0.5) is 0 Å². The van der Waals surface area contributed by atoms with Gasteiger partial charge in [-0.05, 0) is 44.5 Å². The maximum absolute atomic E-state index is 5.72. The van der Waals surface area contributed by atoms with Crippen molar-refractivity contribution in [3.05, 3.63) is 21.0 Å². The van der Waals surface area contributed by atoms with Crippen molar-refractivity contribution in [3.63, 3.8) is 0 Å². The zero-order valence-electron chi connectivity index (χ0n) is 10.4. The third-order valence-electron chi connectivity index (χ3n) is 3.04. The number of halogens is 2. The van der Waals surface area contributed by atoms with Gasteiger partial charge in [0.25, 0.3) is 0 Å². The van der Waals surface area contributed by atoms with E-state index in [0.29, 0.717) is 0 Å². The molecule has 0 amide bonds. The Kier molecular flexibility index (Phi) is 5.69. The van der Waals surface area contributed by atoms with Gasteiger partial charge in [-0.15, -0.1) is 0 Å². The Hall–Kier alpha value is 0.120. The highest BCUT2D eigenvalue weighted by molar-refractivity contribution is 9.13. The van der Waals surface area contributed by atoms with Gasteiger partial charge in [-0.2, -0.15) is 0 Å². The SMILES string of the molecule is CCN1CCOC(CNCc2cc(Br)c(Br)o2)C1. The molecule has 0 aromatic carbocycles. The molecule has 1 atom stereocenters. The van der Waals surface area contributed by atoms with Crippen molar-refractivity contribution < 1.29 is 9.15 Å². The molecule has 1 saturated heterocycles. The van der Waals surface area contributed by atoms with Gasteiger partial charge in [0, 0.05) is 19.6 Å². The van der Waals surface area contributed by atoms with E-state index in [1.807, 2.05) is 6.07 Å². The second kappa shape index (κ2) is 7.05. The van der Waals surface area contributed by atoms with Crippen LogP contribution in [-0.2, 0) is 11.3 Å². The highest BCUT2D eigenvalue weighted by Crippen LogP contribution is 2.26. The summed E-state index contributed by atoms with van der Waals surface area (Å²) in [5.74, 6) is 0.914. The van der Waals surface area contributed by atoms with Crippen LogP contribution in [0.3, 0.4) is 0 Å². The first-order valence-corrected chi connectivity index (χ1v) is 7.76. The van der Waals surface area contributed by atoms with Crippen molar-refractivity contribution >= 4 is 31.9 Å². The lowest BCUT2D eigenvalue weighted by Gasteiger charge is -2.32. The van der Waals surface area contributed by atoms with Gasteiger partial charge in [-0.3, -0.25) is 4.90 Å². The summed E-state index contributed by atoms with van der Waals surface area (Å²) in [5, 5.41) is 3.37. The first-order chi connectivity index (χ1) is 8.69. The predicted octanol–water partition coefficient (Wildman–Crippen LogP) is 2.61. The highest BCUT2D eigenvalue weighted by Gasteiger charge is 2.18. The first-order valence-electron chi connectivity index (χ1n) is 6.17. The Balaban J connectivity index is 1.71. The molecule has 2 heterocycles. The Morgan fingerprint density at radius 2 is 2.33 bits per heavy atom. The van der Waals surface area contributed by atoms with E-state index in [2.05, 4.69) is 49.0 Å². The maximum atomic E-state index is 5.72. The average Bonchev–Trinajstić information content (AvgIpc) is 2.69. The van der Waals surface area contributed by atoms with Gasteiger partial charge in [0.2, 0.25) is 0 Å². The third kappa shape index (κ3) is 4.06. The minimum atomic E-state index is 0.278. The summed E-state index contributed by atoms with van der Waals surface area (Å²) in [4.78, 5) is 2.41. The predicted molar refractivity (Wildman–Crippen MR) is 77.7 cm³/mol. The second-order valence-corrected chi connectivity index (χ2v) is 5.93. The molecular weight excluding hydrogens is 364 g/mol. The van der Waals surface area contributed by atoms with E-state index in [1.54, 1.807) is 0 Å². The maximum Gasteiger partial charge on any atom is 0.183 e. The van der Waals surface area contributed by atoms with E-state index >= 15 is 0 Å². The fourth-order valence-corrected chi connectivity index (χ4v) is 2.68. The standard InChI is InChI=1S/C12H18Br2N2O2/c1-2-16-3-4-17-10(8-16)7-15-6-9-5-11(13)12(14)18-9/h5,10,15H,2-4,6-8H2,1H3. The topological polar surface area (TPSA) is 37.6 Å². The fraction of sp³-hybridized carbons (Fsp3) is 0.667. The molecule has 1 aromatic rings. The Morgan fingerprint density at radius 3 is 3.00 bits per heavy atom. The highest BCUT2D eigenvalue weighted by atomic mass is 79.9. The van der Waals surface area contributed by atoms with E-state index in [0.717, 1.165) is 54.2 Å². The first kappa shape index (κ1) is 14.5. The molecule has 1 N–H and O–H groups in total. The number of nitrogens with zero attached hydrogens (tertiary/aromatic N) is 1. The monoisotopic (exact) mass is 380 g/mol. The lowest BCUT2D eigenvalue weighted by molar-refractivity contribution is -0.0255. The molecule has 1 aromatic heterocycles. The fourth-order valence-electron chi connectivity index (χ4n) is 2.03. The molecule has 0 spiro atoms. The van der Waals surface area contributed by atoms with Gasteiger partial charge in [-0.1, -0.05) is 6.92 Å². The molecule has 1 aliphatic heterocycles. The van der Waals surface area contributed by atoms with Crippen molar-refractivity contribution in [3.8, 4) is 0 Å². The summed E-state index contributed by atoms with van der Waals surface area (Å²) in [6.45, 7) is 7.74. The van der Waals surface area contributed by atoms with E-state index < -0.39 is 0 Å². The van der Waals surface area contributed by atoms with Gasteiger partial charge < -0.3 is 14.5 Å². The van der Waals surface area contributed by atoms with Crippen LogP contribution < -0.4 is 5.32 Å². The number of hydrogen-bond donors (Lipinski definition) is 1. The molecular formula is C12H18Br2N2O2. The second-order valence-electron chi connectivity index (χ2n) is 4.35. The summed E-state index contributed by atoms with van der Waals surface area (Å²) >= 11 is 6.73. The van der Waals surface area contributed by atoms with Crippen molar-refractivity contribution in [2.45, 2.75) is 19.6 Å². The largest absolute Gasteiger partial charge is 0.452 e. The lowest BCUT2D eigenvalue weighted by Crippen LogP contribution is -2.46. The quantitative estimate of drug-likeness (QED) is 0.850. The normalized spacial score (nSPS) is 21.4. The van der Waals surface area contributed by atoms with E-state index in [1.165, 1.54) is 0 Å². The van der Waals surface area contributed by atoms with Crippen LogP contribution in [0.2, 0.25) is 0 Å². The van der Waals surface area contributed by atoms with Crippen molar-refractivity contribution in [2.24, 2.45) is 0 Å². The summed E-state index contributed by atoms with van der Waals surface area (Å²) < 4.78 is 12.9. The van der Waals surface area contributed by atoms with Gasteiger partial charge in [-0.25, -0.2) is 0 Å². The number of rotatable bonds is 5. The molecule has 6 heteroatoms. The molecule has 1 fully saturated rings. The van der Waals surface area contributed by atoms with Crippen molar-refractivity contribution in [1.82, 2.24) is 10.2 Å². The number of furan rings is 1. The van der Waals surface area contributed by atoms with Crippen LogP contribution >= 0.6 is 31.9 Å². The van der Waals surface area contributed by atoms with Crippen LogP contribution in [-0.4, -0.2) is 43.8 Å². The van der Waals surface area contributed by atoms with Crippen LogP contribution in [0.15, 0.2) is 19.6 Å². The Labute approximate surface area is 124 Å². The molecule has 2 rings (SSSR count). The van der Waals surface area contributed by atoms with Gasteiger partial charge >= 0.3 is 0 Å². The van der Waals surface area contributed by atoms with E-state index in [4.69, 9.17) is 9.15 Å². The number of nitrogens with one attached hydrogen (secondary N) is 1. The van der Waals surface area contributed by atoms with Crippen LogP contribution in [0.25, 0.3) is 0 Å². The minimum absolute atomic E-state index is 0.278. The van der Waals surface area contributed by atoms with Crippen LogP contribution in [0.5, 0.6) is 0 Å². The van der Waals surface area contributed by atoms with Crippen LogP contribution in [0, 0.1) is 0 Å². The molecule has 0 bridgehead atoms. The smallest absolute Gasteiger partial charge is 0.183 e. The molecule has 0 saturated carbocycles. The van der Waals surface area contributed by atoms with Crippen molar-refractivity contribution in [2.75, 3.05) is 32.8 Å². The summed E-state index contributed by atoms with van der Waals surface area (Å²) in [6.07, 6.45) is 0.278. The van der Waals surface area contributed by atoms with E-state index in [9.17, 15) is 0 Å². The molecule has 0 aliphatic carbocycles. The summed E-state index contributed by atoms with van der Waals surface area (Å²) in [5.41, 5.74) is 0. The molecule has 1 aliphatic rings. The van der Waals surface area contributed by atoms with E-state index in [-0.39, 0.29) is 6.10 Å². The van der Waals surface area contributed by atoms with Gasteiger partial charge in [0.05, 0.1) is 23.7 Å². The lowest BCUT2D eigenvalue weighted by atomic mass is 10.2. The number of likely N-dealkylation sites (N-methyl/N-ethyl adjacent to an activating group) is 1. The molecule has 0 radical (unpaired) electrons. The molecule has 102 valence electrons. The van der Waals surface area contributed by atoms with Gasteiger partial charge in [0.1, 0.15) is 5.76 Å². The third-order valence-corrected chi connectivity index (χ3v) is 4.75. The summed E-state index contributed by atoms with van der Waals surface area (Å²) in [6, 6.07) is 1.97. The zero-order valence-corrected chi connectivity index (χ0v) is 13.6. The molecule has 1 unspecified atom stereocenters. The average molecular weight is 382 g/mol. The number of morpholine rings is 1. The summed E-state index contributed by atoms with van der Waals surface area (Å²) in [7, 11) is 0.